The lowest BCUT2D eigenvalue weighted by molar-refractivity contribution is -0.148. The monoisotopic (exact) mass is 270 g/mol. The van der Waals surface area contributed by atoms with Crippen LogP contribution in [0.2, 0.25) is 0 Å². The molecule has 0 aliphatic rings. The van der Waals surface area contributed by atoms with Gasteiger partial charge < -0.3 is 10.2 Å². The molecule has 18 heavy (non-hydrogen) atoms. The molecule has 0 saturated carbocycles. The first-order chi connectivity index (χ1) is 8.60. The molecule has 0 amide bonds. The minimum atomic E-state index is -1.18. The van der Waals surface area contributed by atoms with Crippen LogP contribution in [0.15, 0.2) is 30.3 Å². The van der Waals surface area contributed by atoms with Crippen molar-refractivity contribution < 1.29 is 19.8 Å². The van der Waals surface area contributed by atoms with Crippen molar-refractivity contribution in [2.75, 3.05) is 12.5 Å². The summed E-state index contributed by atoms with van der Waals surface area (Å²) in [7, 11) is 0. The summed E-state index contributed by atoms with van der Waals surface area (Å²) in [5.41, 5.74) is 0.848. The Balaban J connectivity index is 2.91. The molecule has 5 heteroatoms. The van der Waals surface area contributed by atoms with Gasteiger partial charge in [0.2, 0.25) is 0 Å². The van der Waals surface area contributed by atoms with Gasteiger partial charge in [0, 0.05) is 5.92 Å². The molecular weight excluding hydrogens is 256 g/mol. The van der Waals surface area contributed by atoms with Gasteiger partial charge in [0.05, 0.1) is 18.4 Å². The third-order valence-corrected chi connectivity index (χ3v) is 3.11. The van der Waals surface area contributed by atoms with E-state index >= 15 is 0 Å². The normalized spacial score (nSPS) is 13.9. The minimum Gasteiger partial charge on any atom is -0.481 e. The van der Waals surface area contributed by atoms with Crippen molar-refractivity contribution in [3.8, 4) is 0 Å². The number of hydrogen-bond donors (Lipinski definition) is 2. The Morgan fingerprint density at radius 2 is 1.78 bits per heavy atom. The fourth-order valence-electron chi connectivity index (χ4n) is 1.83. The smallest absolute Gasteiger partial charge is 0.309 e. The molecule has 0 radical (unpaired) electrons. The summed E-state index contributed by atoms with van der Waals surface area (Å²) >= 11 is 5.49. The molecule has 2 N–H and O–H groups in total. The molecule has 0 aliphatic carbocycles. The zero-order valence-corrected chi connectivity index (χ0v) is 10.5. The zero-order chi connectivity index (χ0) is 13.5. The second-order valence-corrected chi connectivity index (χ2v) is 4.29. The van der Waals surface area contributed by atoms with Crippen LogP contribution in [0, 0.1) is 11.8 Å². The van der Waals surface area contributed by atoms with Crippen molar-refractivity contribution in [1.29, 1.82) is 0 Å². The van der Waals surface area contributed by atoms with Crippen molar-refractivity contribution in [1.82, 2.24) is 0 Å². The lowest BCUT2D eigenvalue weighted by Crippen LogP contribution is -2.34. The number of hydrogen-bond acceptors (Lipinski definition) is 3. The van der Waals surface area contributed by atoms with E-state index in [0.717, 1.165) is 5.56 Å². The molecule has 1 unspecified atom stereocenters. The summed E-state index contributed by atoms with van der Waals surface area (Å²) in [6.07, 6.45) is 0.268. The fourth-order valence-corrected chi connectivity index (χ4v) is 2.02. The SMILES string of the molecule is O=C(CCl)C(Cc1ccccc1)[C@@H](CO)C(=O)O. The minimum absolute atomic E-state index is 0.249. The highest BCUT2D eigenvalue weighted by atomic mass is 35.5. The molecule has 0 heterocycles. The number of aliphatic hydroxyl groups excluding tert-OH is 1. The van der Waals surface area contributed by atoms with Gasteiger partial charge in [-0.1, -0.05) is 30.3 Å². The third-order valence-electron chi connectivity index (χ3n) is 2.84. The van der Waals surface area contributed by atoms with Gasteiger partial charge in [-0.3, -0.25) is 9.59 Å². The van der Waals surface area contributed by atoms with Crippen molar-refractivity contribution in [2.45, 2.75) is 6.42 Å². The maximum atomic E-state index is 11.7. The molecular formula is C13H15ClO4. The molecule has 98 valence electrons. The van der Waals surface area contributed by atoms with Gasteiger partial charge in [0.25, 0.3) is 0 Å². The van der Waals surface area contributed by atoms with Crippen molar-refractivity contribution in [3.05, 3.63) is 35.9 Å². The number of alkyl halides is 1. The third kappa shape index (κ3) is 3.82. The van der Waals surface area contributed by atoms with Crippen LogP contribution in [0.4, 0.5) is 0 Å². The molecule has 2 atom stereocenters. The van der Waals surface area contributed by atoms with E-state index < -0.39 is 24.4 Å². The predicted molar refractivity (Wildman–Crippen MR) is 67.6 cm³/mol. The van der Waals surface area contributed by atoms with E-state index in [0.29, 0.717) is 0 Å². The van der Waals surface area contributed by atoms with Crippen LogP contribution in [0.25, 0.3) is 0 Å². The van der Waals surface area contributed by atoms with Gasteiger partial charge >= 0.3 is 5.97 Å². The summed E-state index contributed by atoms with van der Waals surface area (Å²) in [4.78, 5) is 22.7. The lowest BCUT2D eigenvalue weighted by Gasteiger charge is -2.20. The van der Waals surface area contributed by atoms with E-state index in [1.807, 2.05) is 30.3 Å². The predicted octanol–water partition coefficient (Wildman–Crippen LogP) is 1.35. The molecule has 0 spiro atoms. The number of aliphatic carboxylic acids is 1. The first kappa shape index (κ1) is 14.7. The Morgan fingerprint density at radius 1 is 1.17 bits per heavy atom. The number of halogens is 1. The summed E-state index contributed by atoms with van der Waals surface area (Å²) < 4.78 is 0. The van der Waals surface area contributed by atoms with E-state index in [-0.39, 0.29) is 18.1 Å². The van der Waals surface area contributed by atoms with E-state index in [1.165, 1.54) is 0 Å². The summed E-state index contributed by atoms with van der Waals surface area (Å²) in [5.74, 6) is -3.70. The van der Waals surface area contributed by atoms with Crippen molar-refractivity contribution in [2.24, 2.45) is 11.8 Å². The quantitative estimate of drug-likeness (QED) is 0.734. The lowest BCUT2D eigenvalue weighted by atomic mass is 9.84. The molecule has 1 aromatic rings. The van der Waals surface area contributed by atoms with Gasteiger partial charge in [0.15, 0.2) is 5.78 Å². The van der Waals surface area contributed by atoms with E-state index in [2.05, 4.69) is 0 Å². The molecule has 1 rings (SSSR count). The highest BCUT2D eigenvalue weighted by molar-refractivity contribution is 6.28. The van der Waals surface area contributed by atoms with Gasteiger partial charge in [-0.05, 0) is 12.0 Å². The average Bonchev–Trinajstić information content (AvgIpc) is 2.38. The number of carbonyl (C=O) groups excluding carboxylic acids is 1. The van der Waals surface area contributed by atoms with Crippen LogP contribution in [0.1, 0.15) is 5.56 Å². The summed E-state index contributed by atoms with van der Waals surface area (Å²) in [6, 6.07) is 9.08. The summed E-state index contributed by atoms with van der Waals surface area (Å²) in [5, 5.41) is 18.1. The Morgan fingerprint density at radius 3 is 2.22 bits per heavy atom. The van der Waals surface area contributed by atoms with Crippen molar-refractivity contribution >= 4 is 23.4 Å². The highest BCUT2D eigenvalue weighted by Crippen LogP contribution is 2.20. The maximum absolute atomic E-state index is 11.7. The Bertz CT molecular complexity index is 405. The topological polar surface area (TPSA) is 74.6 Å². The fraction of sp³-hybridized carbons (Fsp3) is 0.385. The Kier molecular flexibility index (Phi) is 5.82. The number of ketones is 1. The molecule has 4 nitrogen and oxygen atoms in total. The van der Waals surface area contributed by atoms with E-state index in [9.17, 15) is 9.59 Å². The van der Waals surface area contributed by atoms with Gasteiger partial charge in [-0.15, -0.1) is 11.6 Å². The first-order valence-corrected chi connectivity index (χ1v) is 6.09. The standard InChI is InChI=1S/C13H15ClO4/c14-7-12(16)10(11(8-15)13(17)18)6-9-4-2-1-3-5-9/h1-5,10-11,15H,6-8H2,(H,17,18)/t10?,11-/m1/s1. The molecule has 0 aromatic heterocycles. The van der Waals surface area contributed by atoms with Gasteiger partial charge in [0.1, 0.15) is 0 Å². The van der Waals surface area contributed by atoms with Crippen LogP contribution in [0.3, 0.4) is 0 Å². The second-order valence-electron chi connectivity index (χ2n) is 4.02. The first-order valence-electron chi connectivity index (χ1n) is 5.56. The Hall–Kier alpha value is -1.39. The van der Waals surface area contributed by atoms with E-state index in [4.69, 9.17) is 21.8 Å². The summed E-state index contributed by atoms with van der Waals surface area (Å²) in [6.45, 7) is -0.574. The largest absolute Gasteiger partial charge is 0.481 e. The number of rotatable bonds is 7. The number of carboxylic acids is 1. The number of aliphatic hydroxyl groups is 1. The number of carboxylic acid groups (broad SMARTS) is 1. The Labute approximate surface area is 110 Å². The molecule has 0 aliphatic heterocycles. The van der Waals surface area contributed by atoms with Crippen LogP contribution >= 0.6 is 11.6 Å². The molecule has 0 saturated heterocycles. The number of Topliss-reactive ketones (excluding diaryl/α,β-unsaturated/α-hetero) is 1. The van der Waals surface area contributed by atoms with Gasteiger partial charge in [-0.25, -0.2) is 0 Å². The molecule has 1 aromatic carbocycles. The average molecular weight is 271 g/mol. The highest BCUT2D eigenvalue weighted by Gasteiger charge is 2.32. The van der Waals surface area contributed by atoms with E-state index in [1.54, 1.807) is 0 Å². The van der Waals surface area contributed by atoms with Crippen LogP contribution in [-0.4, -0.2) is 34.5 Å². The van der Waals surface area contributed by atoms with Crippen molar-refractivity contribution in [3.63, 3.8) is 0 Å². The molecule has 0 bridgehead atoms. The zero-order valence-electron chi connectivity index (χ0n) is 9.75. The van der Waals surface area contributed by atoms with Gasteiger partial charge in [-0.2, -0.15) is 0 Å². The maximum Gasteiger partial charge on any atom is 0.309 e. The van der Waals surface area contributed by atoms with Crippen LogP contribution < -0.4 is 0 Å². The number of carbonyl (C=O) groups is 2. The van der Waals surface area contributed by atoms with Crippen LogP contribution in [0.5, 0.6) is 0 Å². The second kappa shape index (κ2) is 7.13. The van der Waals surface area contributed by atoms with Crippen LogP contribution in [-0.2, 0) is 16.0 Å². The number of benzene rings is 1. The molecule has 0 fully saturated rings.